The number of aliphatic hydroxyl groups is 1. The fraction of sp³-hybridized carbons (Fsp3) is 0.400. The Morgan fingerprint density at radius 1 is 1.47 bits per heavy atom. The van der Waals surface area contributed by atoms with Crippen molar-refractivity contribution >= 4 is 5.91 Å². The Balaban J connectivity index is 2.88. The molecule has 1 rings (SSSR count). The summed E-state index contributed by atoms with van der Waals surface area (Å²) in [5.41, 5.74) is 0.560. The molecule has 0 aromatic heterocycles. The summed E-state index contributed by atoms with van der Waals surface area (Å²) in [7, 11) is 1.69. The predicted molar refractivity (Wildman–Crippen MR) is 72.2 cm³/mol. The van der Waals surface area contributed by atoms with Gasteiger partial charge in [-0.2, -0.15) is 0 Å². The number of amides is 1. The van der Waals surface area contributed by atoms with Gasteiger partial charge in [0.1, 0.15) is 5.82 Å². The number of benzene rings is 1. The molecule has 0 saturated heterocycles. The third-order valence-electron chi connectivity index (χ3n) is 2.58. The van der Waals surface area contributed by atoms with Gasteiger partial charge in [-0.05, 0) is 24.6 Å². The number of hydrogen-bond acceptors (Lipinski definition) is 2. The fourth-order valence-electron chi connectivity index (χ4n) is 1.62. The summed E-state index contributed by atoms with van der Waals surface area (Å²) in [4.78, 5) is 13.5. The maximum Gasteiger partial charge on any atom is 0.253 e. The minimum atomic E-state index is -0.513. The van der Waals surface area contributed by atoms with E-state index in [0.29, 0.717) is 18.5 Å². The standard InChI is InChI=1S/C15H18FNO2/c1-3-9-17(2)15(19)13-8-7-12(14(16)11-13)6-4-5-10-18/h7-8,11,18H,3,5,9-10H2,1-2H3. The topological polar surface area (TPSA) is 40.5 Å². The lowest BCUT2D eigenvalue weighted by Gasteiger charge is -2.16. The smallest absolute Gasteiger partial charge is 0.253 e. The number of rotatable bonds is 4. The summed E-state index contributed by atoms with van der Waals surface area (Å²) in [5.74, 6) is 4.56. The minimum Gasteiger partial charge on any atom is -0.395 e. The lowest BCUT2D eigenvalue weighted by Crippen LogP contribution is -2.27. The van der Waals surface area contributed by atoms with Crippen molar-refractivity contribution < 1.29 is 14.3 Å². The average molecular weight is 263 g/mol. The van der Waals surface area contributed by atoms with Gasteiger partial charge in [-0.3, -0.25) is 4.79 Å². The zero-order chi connectivity index (χ0) is 14.3. The van der Waals surface area contributed by atoms with Crippen molar-refractivity contribution in [3.8, 4) is 11.8 Å². The second kappa shape index (κ2) is 7.55. The van der Waals surface area contributed by atoms with Crippen LogP contribution in [-0.4, -0.2) is 36.1 Å². The Morgan fingerprint density at radius 2 is 2.21 bits per heavy atom. The molecule has 1 aromatic rings. The molecule has 0 aliphatic heterocycles. The molecule has 0 spiro atoms. The first-order chi connectivity index (χ1) is 9.10. The van der Waals surface area contributed by atoms with E-state index in [0.717, 1.165) is 6.42 Å². The highest BCUT2D eigenvalue weighted by atomic mass is 19.1. The molecule has 0 fully saturated rings. The van der Waals surface area contributed by atoms with Gasteiger partial charge in [0.15, 0.2) is 0 Å². The summed E-state index contributed by atoms with van der Waals surface area (Å²) in [6, 6.07) is 4.27. The van der Waals surface area contributed by atoms with Gasteiger partial charge >= 0.3 is 0 Å². The Hall–Kier alpha value is -1.86. The molecule has 0 atom stereocenters. The molecular formula is C15H18FNO2. The Labute approximate surface area is 113 Å². The number of nitrogens with zero attached hydrogens (tertiary/aromatic N) is 1. The largest absolute Gasteiger partial charge is 0.395 e. The van der Waals surface area contributed by atoms with Crippen LogP contribution in [0, 0.1) is 17.7 Å². The van der Waals surface area contributed by atoms with Crippen molar-refractivity contribution in [1.29, 1.82) is 0 Å². The van der Waals surface area contributed by atoms with E-state index in [1.807, 2.05) is 6.92 Å². The second-order valence-electron chi connectivity index (χ2n) is 4.20. The molecule has 1 aromatic carbocycles. The van der Waals surface area contributed by atoms with Gasteiger partial charge in [-0.25, -0.2) is 4.39 Å². The van der Waals surface area contributed by atoms with E-state index < -0.39 is 5.82 Å². The van der Waals surface area contributed by atoms with Crippen molar-refractivity contribution in [3.63, 3.8) is 0 Å². The fourth-order valence-corrected chi connectivity index (χ4v) is 1.62. The molecule has 0 radical (unpaired) electrons. The number of carbonyl (C=O) groups is 1. The van der Waals surface area contributed by atoms with Crippen LogP contribution >= 0.6 is 0 Å². The molecule has 0 unspecified atom stereocenters. The summed E-state index contributed by atoms with van der Waals surface area (Å²) in [6.07, 6.45) is 1.16. The highest BCUT2D eigenvalue weighted by molar-refractivity contribution is 5.94. The molecule has 0 aliphatic rings. The number of hydrogen-bond donors (Lipinski definition) is 1. The van der Waals surface area contributed by atoms with Crippen molar-refractivity contribution in [3.05, 3.63) is 35.1 Å². The quantitative estimate of drug-likeness (QED) is 0.845. The van der Waals surface area contributed by atoms with Gasteiger partial charge in [0.25, 0.3) is 5.91 Å². The zero-order valence-electron chi connectivity index (χ0n) is 11.2. The number of aliphatic hydroxyl groups excluding tert-OH is 1. The third kappa shape index (κ3) is 4.38. The van der Waals surface area contributed by atoms with Crippen LogP contribution in [0.5, 0.6) is 0 Å². The van der Waals surface area contributed by atoms with Gasteiger partial charge in [-0.15, -0.1) is 0 Å². The van der Waals surface area contributed by atoms with E-state index in [4.69, 9.17) is 5.11 Å². The number of halogens is 1. The molecule has 0 heterocycles. The second-order valence-corrected chi connectivity index (χ2v) is 4.20. The van der Waals surface area contributed by atoms with Crippen LogP contribution in [0.25, 0.3) is 0 Å². The Morgan fingerprint density at radius 3 is 2.79 bits per heavy atom. The van der Waals surface area contributed by atoms with E-state index in [1.54, 1.807) is 18.0 Å². The van der Waals surface area contributed by atoms with E-state index in [-0.39, 0.29) is 18.1 Å². The Kier molecular flexibility index (Phi) is 6.04. The lowest BCUT2D eigenvalue weighted by atomic mass is 10.1. The van der Waals surface area contributed by atoms with Gasteiger partial charge in [0.2, 0.25) is 0 Å². The molecule has 3 nitrogen and oxygen atoms in total. The maximum atomic E-state index is 13.8. The molecular weight excluding hydrogens is 245 g/mol. The monoisotopic (exact) mass is 263 g/mol. The van der Waals surface area contributed by atoms with Gasteiger partial charge < -0.3 is 10.0 Å². The molecule has 1 N–H and O–H groups in total. The van der Waals surface area contributed by atoms with Crippen LogP contribution in [-0.2, 0) is 0 Å². The summed E-state index contributed by atoms with van der Waals surface area (Å²) >= 11 is 0. The maximum absolute atomic E-state index is 13.8. The van der Waals surface area contributed by atoms with E-state index in [2.05, 4.69) is 11.8 Å². The minimum absolute atomic E-state index is 0.0486. The summed E-state index contributed by atoms with van der Waals surface area (Å²) < 4.78 is 13.8. The Bertz CT molecular complexity index is 503. The molecule has 4 heteroatoms. The lowest BCUT2D eigenvalue weighted by molar-refractivity contribution is 0.0794. The highest BCUT2D eigenvalue weighted by Gasteiger charge is 2.12. The third-order valence-corrected chi connectivity index (χ3v) is 2.58. The first-order valence-electron chi connectivity index (χ1n) is 6.25. The van der Waals surface area contributed by atoms with Gasteiger partial charge in [0.05, 0.1) is 12.2 Å². The van der Waals surface area contributed by atoms with Crippen LogP contribution in [0.3, 0.4) is 0 Å². The first-order valence-corrected chi connectivity index (χ1v) is 6.25. The zero-order valence-corrected chi connectivity index (χ0v) is 11.2. The van der Waals surface area contributed by atoms with Gasteiger partial charge in [0, 0.05) is 25.6 Å². The van der Waals surface area contributed by atoms with E-state index in [1.165, 1.54) is 12.1 Å². The van der Waals surface area contributed by atoms with E-state index in [9.17, 15) is 9.18 Å². The predicted octanol–water partition coefficient (Wildman–Crippen LogP) is 2.04. The van der Waals surface area contributed by atoms with Crippen molar-refractivity contribution in [2.24, 2.45) is 0 Å². The SMILES string of the molecule is CCCN(C)C(=O)c1ccc(C#CCCO)c(F)c1. The van der Waals surface area contributed by atoms with Crippen LogP contribution in [0.1, 0.15) is 35.7 Å². The molecule has 0 saturated carbocycles. The van der Waals surface area contributed by atoms with Crippen LogP contribution < -0.4 is 0 Å². The molecule has 1 amide bonds. The van der Waals surface area contributed by atoms with Crippen molar-refractivity contribution in [1.82, 2.24) is 4.90 Å². The first kappa shape index (κ1) is 15.2. The molecule has 19 heavy (non-hydrogen) atoms. The number of carbonyl (C=O) groups excluding carboxylic acids is 1. The highest BCUT2D eigenvalue weighted by Crippen LogP contribution is 2.11. The summed E-state index contributed by atoms with van der Waals surface area (Å²) in [5, 5.41) is 8.60. The van der Waals surface area contributed by atoms with E-state index >= 15 is 0 Å². The van der Waals surface area contributed by atoms with Crippen LogP contribution in [0.4, 0.5) is 4.39 Å². The summed E-state index contributed by atoms with van der Waals surface area (Å²) in [6.45, 7) is 2.57. The van der Waals surface area contributed by atoms with Crippen molar-refractivity contribution in [2.45, 2.75) is 19.8 Å². The normalized spacial score (nSPS) is 9.68. The molecule has 0 aliphatic carbocycles. The van der Waals surface area contributed by atoms with Crippen LogP contribution in [0.2, 0.25) is 0 Å². The average Bonchev–Trinajstić information content (AvgIpc) is 2.40. The molecule has 102 valence electrons. The van der Waals surface area contributed by atoms with Crippen LogP contribution in [0.15, 0.2) is 18.2 Å². The molecule has 0 bridgehead atoms. The van der Waals surface area contributed by atoms with Crippen molar-refractivity contribution in [2.75, 3.05) is 20.2 Å². The van der Waals surface area contributed by atoms with Gasteiger partial charge in [-0.1, -0.05) is 18.8 Å².